The third kappa shape index (κ3) is 4.56. The van der Waals surface area contributed by atoms with Crippen LogP contribution < -0.4 is 10.1 Å². The molecule has 0 bridgehead atoms. The summed E-state index contributed by atoms with van der Waals surface area (Å²) in [5, 5.41) is 11.7. The van der Waals surface area contributed by atoms with Gasteiger partial charge in [-0.2, -0.15) is 5.26 Å². The van der Waals surface area contributed by atoms with Gasteiger partial charge >= 0.3 is 0 Å². The lowest BCUT2D eigenvalue weighted by Crippen LogP contribution is -2.42. The van der Waals surface area contributed by atoms with Crippen molar-refractivity contribution in [1.82, 2.24) is 10.2 Å². The van der Waals surface area contributed by atoms with Gasteiger partial charge in [0.15, 0.2) is 6.61 Å². The monoisotopic (exact) mass is 275 g/mol. The van der Waals surface area contributed by atoms with Gasteiger partial charge < -0.3 is 15.0 Å². The molecular weight excluding hydrogens is 254 g/mol. The zero-order valence-corrected chi connectivity index (χ0v) is 12.2. The van der Waals surface area contributed by atoms with E-state index >= 15 is 0 Å². The van der Waals surface area contributed by atoms with Gasteiger partial charge in [-0.25, -0.2) is 0 Å². The van der Waals surface area contributed by atoms with Gasteiger partial charge in [0.1, 0.15) is 11.8 Å². The van der Waals surface area contributed by atoms with Gasteiger partial charge in [-0.3, -0.25) is 4.79 Å². The number of nitrogens with one attached hydrogen (secondary N) is 1. The van der Waals surface area contributed by atoms with Crippen LogP contribution in [0.4, 0.5) is 0 Å². The van der Waals surface area contributed by atoms with Crippen LogP contribution in [0.25, 0.3) is 0 Å². The molecule has 1 aromatic rings. The number of rotatable bonds is 7. The predicted octanol–water partition coefficient (Wildman–Crippen LogP) is 1.55. The Bertz CT molecular complexity index is 482. The van der Waals surface area contributed by atoms with E-state index in [2.05, 4.69) is 5.32 Å². The van der Waals surface area contributed by atoms with Gasteiger partial charge in [0, 0.05) is 25.7 Å². The van der Waals surface area contributed by atoms with E-state index in [1.165, 1.54) is 0 Å². The molecular formula is C15H21N3O2. The Morgan fingerprint density at radius 1 is 1.50 bits per heavy atom. The molecule has 1 rings (SSSR count). The Kier molecular flexibility index (Phi) is 6.54. The summed E-state index contributed by atoms with van der Waals surface area (Å²) in [6.07, 6.45) is 0. The maximum absolute atomic E-state index is 11.9. The number of carbonyl (C=O) groups excluding carboxylic acids is 1. The van der Waals surface area contributed by atoms with Crippen molar-refractivity contribution in [3.8, 4) is 11.8 Å². The smallest absolute Gasteiger partial charge is 0.239 e. The molecule has 5 nitrogen and oxygen atoms in total. The molecule has 108 valence electrons. The van der Waals surface area contributed by atoms with Crippen LogP contribution >= 0.6 is 0 Å². The first-order valence-electron chi connectivity index (χ1n) is 6.66. The topological polar surface area (TPSA) is 65.4 Å². The van der Waals surface area contributed by atoms with E-state index in [1.54, 1.807) is 11.9 Å². The lowest BCUT2D eigenvalue weighted by molar-refractivity contribution is -0.131. The quantitative estimate of drug-likeness (QED) is 0.820. The molecule has 0 radical (unpaired) electrons. The van der Waals surface area contributed by atoms with Crippen molar-refractivity contribution in [1.29, 1.82) is 5.26 Å². The predicted molar refractivity (Wildman–Crippen MR) is 77.2 cm³/mol. The summed E-state index contributed by atoms with van der Waals surface area (Å²) in [7, 11) is 1.78. The molecule has 0 saturated carbocycles. The van der Waals surface area contributed by atoms with E-state index in [1.807, 2.05) is 44.2 Å². The van der Waals surface area contributed by atoms with E-state index in [0.29, 0.717) is 18.8 Å². The van der Waals surface area contributed by atoms with E-state index in [4.69, 9.17) is 10.00 Å². The summed E-state index contributed by atoms with van der Waals surface area (Å²) in [6.45, 7) is 5.01. The van der Waals surface area contributed by atoms with Crippen molar-refractivity contribution >= 4 is 5.91 Å². The Morgan fingerprint density at radius 3 is 2.85 bits per heavy atom. The summed E-state index contributed by atoms with van der Waals surface area (Å²) in [5.41, 5.74) is 0.932. The summed E-state index contributed by atoms with van der Waals surface area (Å²) in [5.74, 6) is 0.730. The number of carbonyl (C=O) groups is 1. The molecule has 0 aliphatic carbocycles. The molecule has 0 aliphatic rings. The van der Waals surface area contributed by atoms with Crippen LogP contribution in [-0.2, 0) is 11.3 Å². The molecule has 0 aromatic heterocycles. The molecule has 0 heterocycles. The largest absolute Gasteiger partial charge is 0.478 e. The van der Waals surface area contributed by atoms with Gasteiger partial charge in [0.05, 0.1) is 6.04 Å². The molecule has 5 heteroatoms. The first-order chi connectivity index (χ1) is 9.60. The van der Waals surface area contributed by atoms with Crippen LogP contribution in [0.2, 0.25) is 0 Å². The molecule has 20 heavy (non-hydrogen) atoms. The molecule has 1 atom stereocenters. The Balaban J connectivity index is 2.61. The number of nitriles is 1. The standard InChI is InChI=1S/C15H21N3O2/c1-4-18(3)15(19)12(2)17-11-13-7-5-6-8-14(13)20-10-9-16/h5-8,12,17H,4,10-11H2,1-3H3. The van der Waals surface area contributed by atoms with Crippen LogP contribution in [0.3, 0.4) is 0 Å². The minimum Gasteiger partial charge on any atom is -0.478 e. The van der Waals surface area contributed by atoms with Crippen LogP contribution in [0, 0.1) is 11.3 Å². The van der Waals surface area contributed by atoms with Gasteiger partial charge in [-0.05, 0) is 19.9 Å². The highest BCUT2D eigenvalue weighted by molar-refractivity contribution is 5.81. The lowest BCUT2D eigenvalue weighted by Gasteiger charge is -2.21. The summed E-state index contributed by atoms with van der Waals surface area (Å²) >= 11 is 0. The SMILES string of the molecule is CCN(C)C(=O)C(C)NCc1ccccc1OCC#N. The van der Waals surface area contributed by atoms with Crippen molar-refractivity contribution in [3.05, 3.63) is 29.8 Å². The van der Waals surface area contributed by atoms with E-state index in [0.717, 1.165) is 5.56 Å². The van der Waals surface area contributed by atoms with Crippen molar-refractivity contribution in [2.75, 3.05) is 20.2 Å². The second-order valence-electron chi connectivity index (χ2n) is 4.51. The molecule has 1 unspecified atom stereocenters. The van der Waals surface area contributed by atoms with Crippen LogP contribution in [0.15, 0.2) is 24.3 Å². The number of benzene rings is 1. The second-order valence-corrected chi connectivity index (χ2v) is 4.51. The van der Waals surface area contributed by atoms with Crippen LogP contribution in [-0.4, -0.2) is 37.0 Å². The Hall–Kier alpha value is -2.06. The van der Waals surface area contributed by atoms with Crippen LogP contribution in [0.1, 0.15) is 19.4 Å². The molecule has 0 aliphatic heterocycles. The van der Waals surface area contributed by atoms with Crippen LogP contribution in [0.5, 0.6) is 5.75 Å². The van der Waals surface area contributed by atoms with Crippen molar-refractivity contribution in [3.63, 3.8) is 0 Å². The van der Waals surface area contributed by atoms with E-state index in [-0.39, 0.29) is 18.6 Å². The lowest BCUT2D eigenvalue weighted by atomic mass is 10.2. The second kappa shape index (κ2) is 8.18. The highest BCUT2D eigenvalue weighted by Gasteiger charge is 2.16. The fourth-order valence-electron chi connectivity index (χ4n) is 1.74. The Morgan fingerprint density at radius 2 is 2.20 bits per heavy atom. The van der Waals surface area contributed by atoms with E-state index in [9.17, 15) is 4.79 Å². The van der Waals surface area contributed by atoms with Crippen molar-refractivity contribution in [2.24, 2.45) is 0 Å². The highest BCUT2D eigenvalue weighted by atomic mass is 16.5. The normalized spacial score (nSPS) is 11.5. The number of likely N-dealkylation sites (N-methyl/N-ethyl adjacent to an activating group) is 1. The van der Waals surface area contributed by atoms with Gasteiger partial charge in [-0.1, -0.05) is 18.2 Å². The number of para-hydroxylation sites is 1. The average molecular weight is 275 g/mol. The number of amides is 1. The first kappa shape index (κ1) is 16.0. The van der Waals surface area contributed by atoms with Gasteiger partial charge in [-0.15, -0.1) is 0 Å². The molecule has 0 saturated heterocycles. The maximum atomic E-state index is 11.9. The minimum atomic E-state index is -0.260. The third-order valence-electron chi connectivity index (χ3n) is 3.08. The first-order valence-corrected chi connectivity index (χ1v) is 6.66. The summed E-state index contributed by atoms with van der Waals surface area (Å²) in [4.78, 5) is 13.6. The number of hydrogen-bond acceptors (Lipinski definition) is 4. The van der Waals surface area contributed by atoms with Crippen molar-refractivity contribution in [2.45, 2.75) is 26.4 Å². The summed E-state index contributed by atoms with van der Waals surface area (Å²) < 4.78 is 5.35. The van der Waals surface area contributed by atoms with Gasteiger partial charge in [0.25, 0.3) is 0 Å². The minimum absolute atomic E-state index is 0.0179. The molecule has 0 spiro atoms. The van der Waals surface area contributed by atoms with E-state index < -0.39 is 0 Å². The molecule has 1 amide bonds. The Labute approximate surface area is 120 Å². The zero-order valence-electron chi connectivity index (χ0n) is 12.2. The molecule has 1 N–H and O–H groups in total. The number of hydrogen-bond donors (Lipinski definition) is 1. The highest BCUT2D eigenvalue weighted by Crippen LogP contribution is 2.17. The number of ether oxygens (including phenoxy) is 1. The third-order valence-corrected chi connectivity index (χ3v) is 3.08. The maximum Gasteiger partial charge on any atom is 0.239 e. The van der Waals surface area contributed by atoms with Crippen molar-refractivity contribution < 1.29 is 9.53 Å². The number of nitrogens with zero attached hydrogens (tertiary/aromatic N) is 2. The summed E-state index contributed by atoms with van der Waals surface area (Å²) in [6, 6.07) is 9.18. The van der Waals surface area contributed by atoms with Gasteiger partial charge in [0.2, 0.25) is 5.91 Å². The molecule has 1 aromatic carbocycles. The fraction of sp³-hybridized carbons (Fsp3) is 0.467. The average Bonchev–Trinajstić information content (AvgIpc) is 2.49. The zero-order chi connectivity index (χ0) is 15.0. The molecule has 0 fully saturated rings. The fourth-order valence-corrected chi connectivity index (χ4v) is 1.74.